The number of phenols is 1. The van der Waals surface area contributed by atoms with Crippen molar-refractivity contribution in [3.8, 4) is 5.75 Å². The van der Waals surface area contributed by atoms with Crippen molar-refractivity contribution in [1.29, 1.82) is 0 Å². The molecule has 0 saturated heterocycles. The van der Waals surface area contributed by atoms with Crippen molar-refractivity contribution in [3.63, 3.8) is 0 Å². The van der Waals surface area contributed by atoms with Gasteiger partial charge in [0.05, 0.1) is 10.5 Å². The quantitative estimate of drug-likeness (QED) is 0.653. The summed E-state index contributed by atoms with van der Waals surface area (Å²) in [6.45, 7) is 7.65. The van der Waals surface area contributed by atoms with Gasteiger partial charge in [0.15, 0.2) is 0 Å². The van der Waals surface area contributed by atoms with E-state index in [2.05, 4.69) is 5.32 Å². The average molecular weight is 328 g/mol. The Kier molecular flexibility index (Phi) is 4.59. The molecule has 0 unspecified atom stereocenters. The first-order valence-corrected chi connectivity index (χ1v) is 7.49. The summed E-state index contributed by atoms with van der Waals surface area (Å²) >= 11 is 0. The van der Waals surface area contributed by atoms with E-state index in [0.717, 1.165) is 5.56 Å². The van der Waals surface area contributed by atoms with Gasteiger partial charge in [-0.05, 0) is 42.2 Å². The third kappa shape index (κ3) is 3.71. The summed E-state index contributed by atoms with van der Waals surface area (Å²) in [6, 6.07) is 9.27. The second-order valence-corrected chi connectivity index (χ2v) is 6.69. The summed E-state index contributed by atoms with van der Waals surface area (Å²) in [5.41, 5.74) is 1.80. The predicted molar refractivity (Wildman–Crippen MR) is 92.6 cm³/mol. The normalized spacial score (nSPS) is 11.2. The van der Waals surface area contributed by atoms with E-state index in [9.17, 15) is 20.0 Å². The third-order valence-corrected chi connectivity index (χ3v) is 3.76. The standard InChI is InChI=1S/C18H20N2O4/c1-11-9-13(6-7-15(11)20(23)24)19-17(22)14-10-12(18(2,3)4)5-8-16(14)21/h5-10,21H,1-4H3,(H,19,22). The van der Waals surface area contributed by atoms with Gasteiger partial charge in [0, 0.05) is 17.3 Å². The number of anilines is 1. The van der Waals surface area contributed by atoms with E-state index >= 15 is 0 Å². The molecule has 0 saturated carbocycles. The summed E-state index contributed by atoms with van der Waals surface area (Å²) in [5, 5.41) is 23.5. The molecule has 126 valence electrons. The first kappa shape index (κ1) is 17.5. The number of amides is 1. The predicted octanol–water partition coefficient (Wildman–Crippen LogP) is 4.16. The zero-order valence-electron chi connectivity index (χ0n) is 14.1. The van der Waals surface area contributed by atoms with E-state index in [4.69, 9.17) is 0 Å². The van der Waals surface area contributed by atoms with Crippen LogP contribution < -0.4 is 5.32 Å². The summed E-state index contributed by atoms with van der Waals surface area (Å²) in [5.74, 6) is -0.578. The highest BCUT2D eigenvalue weighted by Crippen LogP contribution is 2.28. The van der Waals surface area contributed by atoms with Gasteiger partial charge in [-0.2, -0.15) is 0 Å². The molecule has 0 aliphatic heterocycles. The number of phenolic OH excluding ortho intramolecular Hbond substituents is 1. The number of nitro benzene ring substituents is 1. The highest BCUT2D eigenvalue weighted by molar-refractivity contribution is 6.06. The van der Waals surface area contributed by atoms with E-state index in [-0.39, 0.29) is 22.4 Å². The maximum atomic E-state index is 12.4. The summed E-state index contributed by atoms with van der Waals surface area (Å²) < 4.78 is 0. The molecule has 6 heteroatoms. The van der Waals surface area contributed by atoms with Crippen LogP contribution in [0.3, 0.4) is 0 Å². The van der Waals surface area contributed by atoms with Gasteiger partial charge in [-0.25, -0.2) is 0 Å². The van der Waals surface area contributed by atoms with Crippen LogP contribution in [-0.2, 0) is 5.41 Å². The molecular formula is C18H20N2O4. The first-order chi connectivity index (χ1) is 11.1. The molecular weight excluding hydrogens is 308 g/mol. The number of hydrogen-bond acceptors (Lipinski definition) is 4. The highest BCUT2D eigenvalue weighted by Gasteiger charge is 2.19. The van der Waals surface area contributed by atoms with Crippen molar-refractivity contribution in [1.82, 2.24) is 0 Å². The molecule has 2 rings (SSSR count). The molecule has 0 atom stereocenters. The van der Waals surface area contributed by atoms with Crippen molar-refractivity contribution >= 4 is 17.3 Å². The zero-order valence-corrected chi connectivity index (χ0v) is 14.1. The lowest BCUT2D eigenvalue weighted by molar-refractivity contribution is -0.385. The number of benzene rings is 2. The minimum absolute atomic E-state index is 0.00873. The number of nitro groups is 1. The van der Waals surface area contributed by atoms with Crippen LogP contribution >= 0.6 is 0 Å². The SMILES string of the molecule is Cc1cc(NC(=O)c2cc(C(C)(C)C)ccc2O)ccc1[N+](=O)[O-]. The topological polar surface area (TPSA) is 92.5 Å². The Morgan fingerprint density at radius 2 is 1.83 bits per heavy atom. The molecule has 2 N–H and O–H groups in total. The van der Waals surface area contributed by atoms with Gasteiger partial charge in [-0.1, -0.05) is 26.8 Å². The maximum absolute atomic E-state index is 12.4. The molecule has 0 aliphatic rings. The molecule has 0 fully saturated rings. The van der Waals surface area contributed by atoms with Crippen molar-refractivity contribution in [3.05, 3.63) is 63.2 Å². The molecule has 0 heterocycles. The smallest absolute Gasteiger partial charge is 0.272 e. The molecule has 2 aromatic carbocycles. The van der Waals surface area contributed by atoms with Crippen LogP contribution in [0.25, 0.3) is 0 Å². The van der Waals surface area contributed by atoms with Crippen LogP contribution in [0.15, 0.2) is 36.4 Å². The Labute approximate surface area is 140 Å². The Morgan fingerprint density at radius 3 is 2.38 bits per heavy atom. The van der Waals surface area contributed by atoms with Gasteiger partial charge < -0.3 is 10.4 Å². The fourth-order valence-electron chi connectivity index (χ4n) is 2.32. The third-order valence-electron chi connectivity index (χ3n) is 3.76. The second-order valence-electron chi connectivity index (χ2n) is 6.69. The lowest BCUT2D eigenvalue weighted by Crippen LogP contribution is -2.16. The summed E-state index contributed by atoms with van der Waals surface area (Å²) in [7, 11) is 0. The summed E-state index contributed by atoms with van der Waals surface area (Å²) in [4.78, 5) is 22.8. The van der Waals surface area contributed by atoms with Crippen LogP contribution in [0.2, 0.25) is 0 Å². The number of aryl methyl sites for hydroxylation is 1. The number of carbonyl (C=O) groups is 1. The molecule has 0 aromatic heterocycles. The Morgan fingerprint density at radius 1 is 1.17 bits per heavy atom. The largest absolute Gasteiger partial charge is 0.507 e. The van der Waals surface area contributed by atoms with Gasteiger partial charge in [-0.3, -0.25) is 14.9 Å². The van der Waals surface area contributed by atoms with Gasteiger partial charge in [0.2, 0.25) is 0 Å². The monoisotopic (exact) mass is 328 g/mol. The van der Waals surface area contributed by atoms with Crippen molar-refractivity contribution in [2.45, 2.75) is 33.1 Å². The molecule has 24 heavy (non-hydrogen) atoms. The minimum Gasteiger partial charge on any atom is -0.507 e. The van der Waals surface area contributed by atoms with Crippen LogP contribution in [0.5, 0.6) is 5.75 Å². The van der Waals surface area contributed by atoms with Gasteiger partial charge in [0.1, 0.15) is 5.75 Å². The molecule has 0 bridgehead atoms. The van der Waals surface area contributed by atoms with Crippen molar-refractivity contribution in [2.75, 3.05) is 5.32 Å². The number of hydrogen-bond donors (Lipinski definition) is 2. The number of nitrogens with one attached hydrogen (secondary N) is 1. The Balaban J connectivity index is 2.30. The minimum atomic E-state index is -0.473. The Bertz CT molecular complexity index is 807. The first-order valence-electron chi connectivity index (χ1n) is 7.49. The number of nitrogens with zero attached hydrogens (tertiary/aromatic N) is 1. The highest BCUT2D eigenvalue weighted by atomic mass is 16.6. The maximum Gasteiger partial charge on any atom is 0.272 e. The lowest BCUT2D eigenvalue weighted by atomic mass is 9.86. The fraction of sp³-hybridized carbons (Fsp3) is 0.278. The zero-order chi connectivity index (χ0) is 18.1. The van der Waals surface area contributed by atoms with Crippen LogP contribution in [0.1, 0.15) is 42.3 Å². The van der Waals surface area contributed by atoms with E-state index < -0.39 is 10.8 Å². The van der Waals surface area contributed by atoms with Crippen LogP contribution in [0.4, 0.5) is 11.4 Å². The number of carbonyl (C=O) groups excluding carboxylic acids is 1. The van der Waals surface area contributed by atoms with E-state index in [1.807, 2.05) is 20.8 Å². The molecule has 0 radical (unpaired) electrons. The van der Waals surface area contributed by atoms with E-state index in [0.29, 0.717) is 11.3 Å². The molecule has 0 spiro atoms. The van der Waals surface area contributed by atoms with Crippen LogP contribution in [0, 0.1) is 17.0 Å². The van der Waals surface area contributed by atoms with Crippen LogP contribution in [-0.4, -0.2) is 15.9 Å². The molecule has 2 aromatic rings. The summed E-state index contributed by atoms with van der Waals surface area (Å²) in [6.07, 6.45) is 0. The van der Waals surface area contributed by atoms with E-state index in [1.165, 1.54) is 24.3 Å². The number of aromatic hydroxyl groups is 1. The van der Waals surface area contributed by atoms with Gasteiger partial charge in [-0.15, -0.1) is 0 Å². The van der Waals surface area contributed by atoms with Gasteiger partial charge in [0.25, 0.3) is 11.6 Å². The van der Waals surface area contributed by atoms with Crippen molar-refractivity contribution in [2.24, 2.45) is 0 Å². The van der Waals surface area contributed by atoms with Crippen molar-refractivity contribution < 1.29 is 14.8 Å². The molecule has 0 aliphatic carbocycles. The van der Waals surface area contributed by atoms with E-state index in [1.54, 1.807) is 19.1 Å². The average Bonchev–Trinajstić information content (AvgIpc) is 2.45. The fourth-order valence-corrected chi connectivity index (χ4v) is 2.32. The second kappa shape index (κ2) is 6.31. The molecule has 1 amide bonds. The van der Waals surface area contributed by atoms with Gasteiger partial charge >= 0.3 is 0 Å². The molecule has 6 nitrogen and oxygen atoms in total. The Hall–Kier alpha value is -2.89. The number of rotatable bonds is 3. The lowest BCUT2D eigenvalue weighted by Gasteiger charge is -2.20.